The van der Waals surface area contributed by atoms with Crippen LogP contribution in [0.15, 0.2) is 4.99 Å². The summed E-state index contributed by atoms with van der Waals surface area (Å²) < 4.78 is 0. The summed E-state index contributed by atoms with van der Waals surface area (Å²) in [5.41, 5.74) is 0. The lowest BCUT2D eigenvalue weighted by Crippen LogP contribution is -2.43. The first-order valence-corrected chi connectivity index (χ1v) is 7.95. The Labute approximate surface area is 147 Å². The highest BCUT2D eigenvalue weighted by Crippen LogP contribution is 2.02. The predicted octanol–water partition coefficient (Wildman–Crippen LogP) is 2.65. The van der Waals surface area contributed by atoms with Gasteiger partial charge in [0.1, 0.15) is 6.54 Å². The summed E-state index contributed by atoms with van der Waals surface area (Å²) in [4.78, 5) is 15.9. The van der Waals surface area contributed by atoms with Gasteiger partial charge in [-0.1, -0.05) is 33.1 Å². The number of aliphatic imine (C=N–C) groups is 1. The Hall–Kier alpha value is -0.530. The van der Waals surface area contributed by atoms with Crippen molar-refractivity contribution in [2.75, 3.05) is 19.6 Å². The van der Waals surface area contributed by atoms with Gasteiger partial charge in [0.2, 0.25) is 5.91 Å². The van der Waals surface area contributed by atoms with E-state index in [1.165, 1.54) is 19.3 Å². The Bertz CT molecular complexity index is 285. The van der Waals surface area contributed by atoms with Crippen molar-refractivity contribution in [2.24, 2.45) is 4.99 Å². The Balaban J connectivity index is 0. The summed E-state index contributed by atoms with van der Waals surface area (Å²) in [6.45, 7) is 10.1. The molecule has 0 aromatic heterocycles. The minimum absolute atomic E-state index is 0. The van der Waals surface area contributed by atoms with E-state index in [4.69, 9.17) is 0 Å². The molecule has 0 rings (SSSR count). The normalized spacial score (nSPS) is 12.3. The highest BCUT2D eigenvalue weighted by molar-refractivity contribution is 14.0. The maximum Gasteiger partial charge on any atom is 0.241 e. The van der Waals surface area contributed by atoms with Crippen LogP contribution in [0.1, 0.15) is 59.8 Å². The monoisotopic (exact) mass is 412 g/mol. The van der Waals surface area contributed by atoms with E-state index < -0.39 is 0 Å². The van der Waals surface area contributed by atoms with Crippen LogP contribution in [0, 0.1) is 0 Å². The quantitative estimate of drug-likeness (QED) is 0.224. The largest absolute Gasteiger partial charge is 0.357 e. The Morgan fingerprint density at radius 1 is 1.10 bits per heavy atom. The second kappa shape index (κ2) is 15.9. The fourth-order valence-corrected chi connectivity index (χ4v) is 1.80. The van der Waals surface area contributed by atoms with E-state index in [-0.39, 0.29) is 36.4 Å². The second-order valence-corrected chi connectivity index (χ2v) is 5.09. The summed E-state index contributed by atoms with van der Waals surface area (Å²) in [5, 5.41) is 9.34. The first-order chi connectivity index (χ1) is 9.63. The summed E-state index contributed by atoms with van der Waals surface area (Å²) in [6.07, 6.45) is 5.79. The lowest BCUT2D eigenvalue weighted by Gasteiger charge is -2.17. The predicted molar refractivity (Wildman–Crippen MR) is 101 cm³/mol. The number of rotatable bonds is 10. The zero-order valence-electron chi connectivity index (χ0n) is 14.0. The number of unbranched alkanes of at least 4 members (excludes halogenated alkanes) is 2. The van der Waals surface area contributed by atoms with Crippen molar-refractivity contribution in [2.45, 2.75) is 65.8 Å². The van der Waals surface area contributed by atoms with Gasteiger partial charge in [0.05, 0.1) is 0 Å². The van der Waals surface area contributed by atoms with Crippen molar-refractivity contribution in [1.82, 2.24) is 16.0 Å². The lowest BCUT2D eigenvalue weighted by molar-refractivity contribution is -0.119. The first-order valence-electron chi connectivity index (χ1n) is 7.95. The van der Waals surface area contributed by atoms with Crippen molar-refractivity contribution in [3.05, 3.63) is 0 Å². The van der Waals surface area contributed by atoms with Crippen LogP contribution in [0.25, 0.3) is 0 Å². The van der Waals surface area contributed by atoms with Crippen molar-refractivity contribution in [1.29, 1.82) is 0 Å². The topological polar surface area (TPSA) is 65.5 Å². The highest BCUT2D eigenvalue weighted by Gasteiger charge is 2.05. The van der Waals surface area contributed by atoms with E-state index in [2.05, 4.69) is 34.8 Å². The van der Waals surface area contributed by atoms with E-state index >= 15 is 0 Å². The van der Waals surface area contributed by atoms with Gasteiger partial charge < -0.3 is 16.0 Å². The third-order valence-corrected chi connectivity index (χ3v) is 2.92. The molecule has 0 aliphatic heterocycles. The van der Waals surface area contributed by atoms with Gasteiger partial charge in [0, 0.05) is 19.1 Å². The molecule has 0 saturated heterocycles. The standard InChI is InChI=1S/C15H32N4O.HI/c1-5-8-9-10-13(4)19-15(16-7-3)18-12-14(20)17-11-6-2;/h13H,5-12H2,1-4H3,(H,17,20)(H2,16,18,19);1H. The number of carbonyl (C=O) groups excluding carboxylic acids is 1. The summed E-state index contributed by atoms with van der Waals surface area (Å²) in [5.74, 6) is 0.700. The van der Waals surface area contributed by atoms with Crippen molar-refractivity contribution >= 4 is 35.8 Å². The van der Waals surface area contributed by atoms with Crippen LogP contribution >= 0.6 is 24.0 Å². The Morgan fingerprint density at radius 2 is 1.81 bits per heavy atom. The molecule has 0 aromatic rings. The molecule has 0 heterocycles. The van der Waals surface area contributed by atoms with Crippen LogP contribution in [0.4, 0.5) is 0 Å². The van der Waals surface area contributed by atoms with Gasteiger partial charge in [0.15, 0.2) is 5.96 Å². The number of hydrogen-bond acceptors (Lipinski definition) is 2. The molecule has 0 spiro atoms. The first kappa shape index (κ1) is 22.7. The van der Waals surface area contributed by atoms with Crippen LogP contribution in [0.5, 0.6) is 0 Å². The molecule has 5 nitrogen and oxygen atoms in total. The van der Waals surface area contributed by atoms with E-state index in [0.717, 1.165) is 25.3 Å². The molecule has 1 unspecified atom stereocenters. The van der Waals surface area contributed by atoms with Gasteiger partial charge in [-0.05, 0) is 26.7 Å². The van der Waals surface area contributed by atoms with Gasteiger partial charge in [0.25, 0.3) is 0 Å². The fraction of sp³-hybridized carbons (Fsp3) is 0.867. The molecule has 0 aliphatic rings. The van der Waals surface area contributed by atoms with Crippen molar-refractivity contribution < 1.29 is 4.79 Å². The van der Waals surface area contributed by atoms with E-state index in [1.54, 1.807) is 0 Å². The number of halogens is 1. The number of amides is 1. The number of hydrogen-bond donors (Lipinski definition) is 3. The molecule has 0 aromatic carbocycles. The van der Waals surface area contributed by atoms with E-state index in [9.17, 15) is 4.79 Å². The number of nitrogens with one attached hydrogen (secondary N) is 3. The number of nitrogens with zero attached hydrogens (tertiary/aromatic N) is 1. The van der Waals surface area contributed by atoms with E-state index in [1.807, 2.05) is 13.8 Å². The maximum atomic E-state index is 11.5. The minimum Gasteiger partial charge on any atom is -0.357 e. The lowest BCUT2D eigenvalue weighted by atomic mass is 10.1. The van der Waals surface area contributed by atoms with E-state index in [0.29, 0.717) is 12.6 Å². The Kier molecular flexibility index (Phi) is 17.2. The van der Waals surface area contributed by atoms with Crippen LogP contribution < -0.4 is 16.0 Å². The zero-order chi connectivity index (χ0) is 15.2. The van der Waals surface area contributed by atoms with Crippen molar-refractivity contribution in [3.8, 4) is 0 Å². The maximum absolute atomic E-state index is 11.5. The molecule has 126 valence electrons. The SMILES string of the molecule is CCCCCC(C)NC(=NCC(=O)NCCC)NCC.I. The Morgan fingerprint density at radius 3 is 2.38 bits per heavy atom. The third kappa shape index (κ3) is 14.2. The molecule has 0 aliphatic carbocycles. The van der Waals surface area contributed by atoms with Gasteiger partial charge in [-0.3, -0.25) is 4.79 Å². The molecule has 6 heteroatoms. The average Bonchev–Trinajstić information content (AvgIpc) is 2.43. The van der Waals surface area contributed by atoms with Crippen LogP contribution in [-0.2, 0) is 4.79 Å². The summed E-state index contributed by atoms with van der Waals surface area (Å²) in [7, 11) is 0. The molecule has 3 N–H and O–H groups in total. The van der Waals surface area contributed by atoms with Crippen LogP contribution in [0.3, 0.4) is 0 Å². The van der Waals surface area contributed by atoms with Gasteiger partial charge >= 0.3 is 0 Å². The average molecular weight is 412 g/mol. The molecule has 1 amide bonds. The molecular formula is C15H33IN4O. The second-order valence-electron chi connectivity index (χ2n) is 5.09. The number of guanidine groups is 1. The van der Waals surface area contributed by atoms with Gasteiger partial charge in [-0.15, -0.1) is 24.0 Å². The number of carbonyl (C=O) groups is 1. The molecule has 0 radical (unpaired) electrons. The molecular weight excluding hydrogens is 379 g/mol. The van der Waals surface area contributed by atoms with Gasteiger partial charge in [-0.2, -0.15) is 0 Å². The zero-order valence-corrected chi connectivity index (χ0v) is 16.3. The summed E-state index contributed by atoms with van der Waals surface area (Å²) in [6, 6.07) is 0.373. The van der Waals surface area contributed by atoms with Gasteiger partial charge in [-0.25, -0.2) is 4.99 Å². The fourth-order valence-electron chi connectivity index (χ4n) is 1.80. The van der Waals surface area contributed by atoms with Crippen molar-refractivity contribution in [3.63, 3.8) is 0 Å². The molecule has 21 heavy (non-hydrogen) atoms. The van der Waals surface area contributed by atoms with Crippen LogP contribution in [0.2, 0.25) is 0 Å². The minimum atomic E-state index is -0.0253. The molecule has 1 atom stereocenters. The molecule has 0 fully saturated rings. The van der Waals surface area contributed by atoms with Crippen LogP contribution in [-0.4, -0.2) is 37.5 Å². The molecule has 0 saturated carbocycles. The highest BCUT2D eigenvalue weighted by atomic mass is 127. The molecule has 0 bridgehead atoms. The summed E-state index contributed by atoms with van der Waals surface area (Å²) >= 11 is 0. The smallest absolute Gasteiger partial charge is 0.241 e. The third-order valence-electron chi connectivity index (χ3n) is 2.92.